The highest BCUT2D eigenvalue weighted by Gasteiger charge is 2.51. The number of carbonyl (C=O) groups is 1. The van der Waals surface area contributed by atoms with E-state index in [9.17, 15) is 9.90 Å². The first-order chi connectivity index (χ1) is 11.6. The van der Waals surface area contributed by atoms with Crippen molar-refractivity contribution in [2.24, 2.45) is 0 Å². The van der Waals surface area contributed by atoms with E-state index in [1.54, 1.807) is 0 Å². The Kier molecular flexibility index (Phi) is 5.67. The first-order valence-electron chi connectivity index (χ1n) is 9.00. The quantitative estimate of drug-likeness (QED) is 0.743. The molecule has 138 valence electrons. The van der Waals surface area contributed by atoms with Crippen molar-refractivity contribution in [2.75, 3.05) is 0 Å². The minimum absolute atomic E-state index is 0.380. The molecule has 1 aromatic rings. The van der Waals surface area contributed by atoms with Gasteiger partial charge in [0.15, 0.2) is 0 Å². The molecular weight excluding hydrogens is 317 g/mol. The molecule has 2 N–H and O–H groups in total. The van der Waals surface area contributed by atoms with Gasteiger partial charge in [-0.15, -0.1) is 0 Å². The summed E-state index contributed by atoms with van der Waals surface area (Å²) in [5, 5.41) is 12.8. The largest absolute Gasteiger partial charge is 0.494 e. The summed E-state index contributed by atoms with van der Waals surface area (Å²) < 4.78 is 12.2. The average molecular weight is 347 g/mol. The maximum Gasteiger partial charge on any atom is 0.494 e. The van der Waals surface area contributed by atoms with Gasteiger partial charge in [0.05, 0.1) is 11.2 Å². The minimum atomic E-state index is -0.889. The zero-order valence-corrected chi connectivity index (χ0v) is 16.2. The molecule has 5 nitrogen and oxygen atoms in total. The highest BCUT2D eigenvalue weighted by atomic mass is 16.7. The Balaban J connectivity index is 2.14. The molecule has 0 saturated carbocycles. The molecule has 1 aromatic carbocycles. The van der Waals surface area contributed by atoms with Crippen molar-refractivity contribution in [3.8, 4) is 0 Å². The van der Waals surface area contributed by atoms with Gasteiger partial charge in [-0.3, -0.25) is 10.1 Å². The van der Waals surface area contributed by atoms with Gasteiger partial charge in [-0.25, -0.2) is 0 Å². The number of aliphatic carboxylic acids is 1. The van der Waals surface area contributed by atoms with Gasteiger partial charge in [-0.05, 0) is 51.6 Å². The molecule has 0 unspecified atom stereocenters. The van der Waals surface area contributed by atoms with Crippen molar-refractivity contribution in [3.05, 3.63) is 29.8 Å². The lowest BCUT2D eigenvalue weighted by atomic mass is 9.78. The van der Waals surface area contributed by atoms with Crippen LogP contribution in [0.3, 0.4) is 0 Å². The minimum Gasteiger partial charge on any atom is -0.480 e. The molecule has 0 aliphatic carbocycles. The molecule has 0 atom stereocenters. The molecule has 6 heteroatoms. The number of benzene rings is 1. The predicted molar refractivity (Wildman–Crippen MR) is 99.9 cm³/mol. The number of nitrogens with one attached hydrogen (secondary N) is 1. The van der Waals surface area contributed by atoms with Crippen LogP contribution < -0.4 is 10.8 Å². The SMILES string of the molecule is CCC(CC)(NCc1cccc(B2OC(C)(C)C(C)(C)O2)c1)C(=O)O. The number of hydrogen-bond acceptors (Lipinski definition) is 4. The van der Waals surface area contributed by atoms with Gasteiger partial charge in [0, 0.05) is 6.54 Å². The van der Waals surface area contributed by atoms with E-state index in [0.717, 1.165) is 11.0 Å². The van der Waals surface area contributed by atoms with Crippen molar-refractivity contribution in [3.63, 3.8) is 0 Å². The summed E-state index contributed by atoms with van der Waals surface area (Å²) in [7, 11) is -0.411. The molecule has 0 amide bonds. The Labute approximate surface area is 151 Å². The van der Waals surface area contributed by atoms with Crippen LogP contribution in [0.1, 0.15) is 59.9 Å². The van der Waals surface area contributed by atoms with Gasteiger partial charge in [0.2, 0.25) is 0 Å². The summed E-state index contributed by atoms with van der Waals surface area (Å²) in [5.41, 5.74) is 0.316. The molecule has 1 aliphatic rings. The molecule has 1 aliphatic heterocycles. The van der Waals surface area contributed by atoms with E-state index in [0.29, 0.717) is 19.4 Å². The van der Waals surface area contributed by atoms with Crippen LogP contribution in [0.25, 0.3) is 0 Å². The maximum atomic E-state index is 11.6. The third kappa shape index (κ3) is 3.91. The van der Waals surface area contributed by atoms with Crippen molar-refractivity contribution in [2.45, 2.75) is 77.7 Å². The predicted octanol–water partition coefficient (Wildman–Crippen LogP) is 2.72. The number of carboxylic acid groups (broad SMARTS) is 1. The lowest BCUT2D eigenvalue weighted by Gasteiger charge is -2.32. The Bertz CT molecular complexity index is 610. The number of carboxylic acids is 1. The lowest BCUT2D eigenvalue weighted by molar-refractivity contribution is -0.145. The third-order valence-electron chi connectivity index (χ3n) is 5.72. The monoisotopic (exact) mass is 347 g/mol. The van der Waals surface area contributed by atoms with Gasteiger partial charge in [-0.2, -0.15) is 0 Å². The summed E-state index contributed by atoms with van der Waals surface area (Å²) in [6.07, 6.45) is 1.07. The summed E-state index contributed by atoms with van der Waals surface area (Å²) in [5.74, 6) is -0.806. The topological polar surface area (TPSA) is 67.8 Å². The van der Waals surface area contributed by atoms with Crippen molar-refractivity contribution < 1.29 is 19.2 Å². The van der Waals surface area contributed by atoms with Crippen LogP contribution in [0.15, 0.2) is 24.3 Å². The van der Waals surface area contributed by atoms with Gasteiger partial charge < -0.3 is 14.4 Å². The fourth-order valence-corrected chi connectivity index (χ4v) is 2.98. The molecule has 1 heterocycles. The number of hydrogen-bond donors (Lipinski definition) is 2. The molecule has 0 spiro atoms. The van der Waals surface area contributed by atoms with Crippen LogP contribution in [-0.2, 0) is 20.6 Å². The standard InChI is InChI=1S/C19H30BNO4/c1-7-19(8-2,16(22)23)21-13-14-10-9-11-15(12-14)20-24-17(3,4)18(5,6)25-20/h9-12,21H,7-8,13H2,1-6H3,(H,22,23). The zero-order valence-electron chi connectivity index (χ0n) is 16.2. The third-order valence-corrected chi connectivity index (χ3v) is 5.72. The van der Waals surface area contributed by atoms with E-state index >= 15 is 0 Å². The van der Waals surface area contributed by atoms with Crippen LogP contribution in [-0.4, -0.2) is 34.9 Å². The average Bonchev–Trinajstić information content (AvgIpc) is 2.77. The fraction of sp³-hybridized carbons (Fsp3) is 0.632. The summed E-state index contributed by atoms with van der Waals surface area (Å²) in [4.78, 5) is 11.6. The fourth-order valence-electron chi connectivity index (χ4n) is 2.98. The van der Waals surface area contributed by atoms with Crippen molar-refractivity contribution >= 4 is 18.6 Å². The van der Waals surface area contributed by atoms with Crippen LogP contribution in [0, 0.1) is 0 Å². The molecule has 1 fully saturated rings. The Morgan fingerprint density at radius 3 is 2.20 bits per heavy atom. The highest BCUT2D eigenvalue weighted by molar-refractivity contribution is 6.62. The molecule has 2 rings (SSSR count). The summed E-state index contributed by atoms with van der Waals surface area (Å²) in [6.45, 7) is 12.4. The van der Waals surface area contributed by atoms with E-state index in [1.807, 2.05) is 65.8 Å². The Morgan fingerprint density at radius 2 is 1.72 bits per heavy atom. The Hall–Kier alpha value is -1.37. The maximum absolute atomic E-state index is 11.6. The van der Waals surface area contributed by atoms with Crippen LogP contribution >= 0.6 is 0 Å². The molecule has 0 bridgehead atoms. The van der Waals surface area contributed by atoms with Crippen LogP contribution in [0.2, 0.25) is 0 Å². The Morgan fingerprint density at radius 1 is 1.16 bits per heavy atom. The van der Waals surface area contributed by atoms with Gasteiger partial charge in [-0.1, -0.05) is 38.1 Å². The second-order valence-corrected chi connectivity index (χ2v) is 7.78. The smallest absolute Gasteiger partial charge is 0.480 e. The van der Waals surface area contributed by atoms with Crippen LogP contribution in [0.5, 0.6) is 0 Å². The van der Waals surface area contributed by atoms with E-state index in [4.69, 9.17) is 9.31 Å². The molecule has 0 aromatic heterocycles. The lowest BCUT2D eigenvalue weighted by Crippen LogP contribution is -2.50. The zero-order chi connectivity index (χ0) is 18.9. The molecule has 0 radical (unpaired) electrons. The van der Waals surface area contributed by atoms with E-state index in [2.05, 4.69) is 5.32 Å². The number of rotatable bonds is 7. The van der Waals surface area contributed by atoms with E-state index in [-0.39, 0.29) is 11.2 Å². The van der Waals surface area contributed by atoms with E-state index in [1.165, 1.54) is 0 Å². The molecular formula is C19H30BNO4. The van der Waals surface area contributed by atoms with Gasteiger partial charge in [0.25, 0.3) is 0 Å². The second-order valence-electron chi connectivity index (χ2n) is 7.78. The van der Waals surface area contributed by atoms with E-state index < -0.39 is 18.6 Å². The van der Waals surface area contributed by atoms with Crippen molar-refractivity contribution in [1.29, 1.82) is 0 Å². The highest BCUT2D eigenvalue weighted by Crippen LogP contribution is 2.36. The first kappa shape index (κ1) is 20.0. The summed E-state index contributed by atoms with van der Waals surface area (Å²) in [6, 6.07) is 7.94. The molecule has 1 saturated heterocycles. The van der Waals surface area contributed by atoms with Gasteiger partial charge >= 0.3 is 13.1 Å². The first-order valence-corrected chi connectivity index (χ1v) is 9.00. The normalized spacial score (nSPS) is 19.2. The van der Waals surface area contributed by atoms with Crippen molar-refractivity contribution in [1.82, 2.24) is 5.32 Å². The second kappa shape index (κ2) is 7.10. The van der Waals surface area contributed by atoms with Gasteiger partial charge in [0.1, 0.15) is 5.54 Å². The van der Waals surface area contributed by atoms with Crippen LogP contribution in [0.4, 0.5) is 0 Å². The summed E-state index contributed by atoms with van der Waals surface area (Å²) >= 11 is 0. The molecule has 25 heavy (non-hydrogen) atoms.